The molecule has 104 valence electrons. The Morgan fingerprint density at radius 1 is 1.44 bits per heavy atom. The van der Waals surface area contributed by atoms with Crippen molar-refractivity contribution in [1.82, 2.24) is 10.1 Å². The topological polar surface area (TPSA) is 74.2 Å². The van der Waals surface area contributed by atoms with Gasteiger partial charge in [-0.25, -0.2) is 0 Å². The highest BCUT2D eigenvalue weighted by Crippen LogP contribution is 2.17. The highest BCUT2D eigenvalue weighted by Gasteiger charge is 2.27. The summed E-state index contributed by atoms with van der Waals surface area (Å²) in [6, 6.07) is -0.381. The maximum atomic E-state index is 11.8. The molecule has 5 nitrogen and oxygen atoms in total. The molecule has 0 unspecified atom stereocenters. The number of alkyl halides is 3. The third kappa shape index (κ3) is 5.46. The average molecular weight is 267 g/mol. The van der Waals surface area contributed by atoms with Gasteiger partial charge in [0.25, 0.3) is 0 Å². The molecule has 1 heterocycles. The lowest BCUT2D eigenvalue weighted by atomic mass is 10.1. The number of nitrogens with zero attached hydrogens (tertiary/aromatic N) is 2. The third-order valence-corrected chi connectivity index (χ3v) is 2.17. The van der Waals surface area contributed by atoms with E-state index < -0.39 is 12.8 Å². The zero-order valence-electron chi connectivity index (χ0n) is 10.0. The summed E-state index contributed by atoms with van der Waals surface area (Å²) in [5, 5.41) is 3.51. The molecule has 0 fully saturated rings. The van der Waals surface area contributed by atoms with Crippen molar-refractivity contribution in [1.29, 1.82) is 0 Å². The van der Waals surface area contributed by atoms with E-state index in [0.717, 1.165) is 12.8 Å². The van der Waals surface area contributed by atoms with Crippen LogP contribution in [0.1, 0.15) is 43.9 Å². The van der Waals surface area contributed by atoms with Crippen LogP contribution in [0.15, 0.2) is 4.52 Å². The van der Waals surface area contributed by atoms with Gasteiger partial charge in [-0.1, -0.05) is 24.9 Å². The fourth-order valence-corrected chi connectivity index (χ4v) is 1.28. The van der Waals surface area contributed by atoms with E-state index in [2.05, 4.69) is 14.9 Å². The van der Waals surface area contributed by atoms with Crippen LogP contribution in [0.2, 0.25) is 0 Å². The van der Waals surface area contributed by atoms with Crippen molar-refractivity contribution < 1.29 is 22.4 Å². The summed E-state index contributed by atoms with van der Waals surface area (Å²) < 4.78 is 44.7. The van der Waals surface area contributed by atoms with Crippen molar-refractivity contribution >= 4 is 0 Å². The van der Waals surface area contributed by atoms with Crippen molar-refractivity contribution in [3.8, 4) is 0 Å². The molecule has 2 N–H and O–H groups in total. The van der Waals surface area contributed by atoms with Gasteiger partial charge in [-0.05, 0) is 6.42 Å². The molecule has 0 aliphatic rings. The van der Waals surface area contributed by atoms with Crippen LogP contribution in [-0.4, -0.2) is 22.9 Å². The zero-order chi connectivity index (χ0) is 13.6. The molecular formula is C10H16F3N3O2. The quantitative estimate of drug-likeness (QED) is 0.820. The smallest absolute Gasteiger partial charge is 0.364 e. The third-order valence-electron chi connectivity index (χ3n) is 2.17. The van der Waals surface area contributed by atoms with E-state index in [0.29, 0.717) is 6.42 Å². The van der Waals surface area contributed by atoms with Crippen LogP contribution in [-0.2, 0) is 11.3 Å². The number of nitrogens with two attached hydrogens (primary N) is 1. The van der Waals surface area contributed by atoms with E-state index in [1.165, 1.54) is 0 Å². The lowest BCUT2D eigenvalue weighted by molar-refractivity contribution is -0.177. The van der Waals surface area contributed by atoms with E-state index in [1.54, 1.807) is 0 Å². The summed E-state index contributed by atoms with van der Waals surface area (Å²) in [7, 11) is 0. The Labute approximate surface area is 102 Å². The minimum Gasteiger partial charge on any atom is -0.364 e. The van der Waals surface area contributed by atoms with Crippen LogP contribution in [0.25, 0.3) is 0 Å². The molecule has 0 aliphatic heterocycles. The fourth-order valence-electron chi connectivity index (χ4n) is 1.28. The summed E-state index contributed by atoms with van der Waals surface area (Å²) in [5.41, 5.74) is 5.78. The van der Waals surface area contributed by atoms with E-state index >= 15 is 0 Å². The SMILES string of the molecule is CCCC[C@H](N)c1nc(COCC(F)(F)F)no1. The highest BCUT2D eigenvalue weighted by atomic mass is 19.4. The Balaban J connectivity index is 2.38. The van der Waals surface area contributed by atoms with E-state index in [9.17, 15) is 13.2 Å². The Kier molecular flexibility index (Phi) is 5.54. The predicted molar refractivity (Wildman–Crippen MR) is 56.5 cm³/mol. The highest BCUT2D eigenvalue weighted by molar-refractivity contribution is 4.90. The first-order valence-electron chi connectivity index (χ1n) is 5.65. The largest absolute Gasteiger partial charge is 0.411 e. The van der Waals surface area contributed by atoms with Crippen LogP contribution in [0, 0.1) is 0 Å². The number of hydrogen-bond donors (Lipinski definition) is 1. The molecular weight excluding hydrogens is 251 g/mol. The van der Waals surface area contributed by atoms with E-state index in [4.69, 9.17) is 10.3 Å². The van der Waals surface area contributed by atoms with Crippen molar-refractivity contribution in [2.75, 3.05) is 6.61 Å². The van der Waals surface area contributed by atoms with Gasteiger partial charge in [-0.3, -0.25) is 0 Å². The van der Waals surface area contributed by atoms with Gasteiger partial charge in [-0.15, -0.1) is 0 Å². The van der Waals surface area contributed by atoms with Gasteiger partial charge < -0.3 is 15.0 Å². The molecule has 0 amide bonds. The molecule has 1 aromatic heterocycles. The first kappa shape index (κ1) is 14.9. The molecule has 8 heteroatoms. The number of rotatable bonds is 7. The molecule has 0 radical (unpaired) electrons. The van der Waals surface area contributed by atoms with Crippen LogP contribution in [0.4, 0.5) is 13.2 Å². The first-order chi connectivity index (χ1) is 8.42. The second kappa shape index (κ2) is 6.69. The fraction of sp³-hybridized carbons (Fsp3) is 0.800. The van der Waals surface area contributed by atoms with Crippen molar-refractivity contribution in [3.63, 3.8) is 0 Å². The van der Waals surface area contributed by atoms with Gasteiger partial charge in [0.1, 0.15) is 13.2 Å². The average Bonchev–Trinajstić information content (AvgIpc) is 2.73. The number of aromatic nitrogens is 2. The van der Waals surface area contributed by atoms with Crippen LogP contribution >= 0.6 is 0 Å². The second-order valence-electron chi connectivity index (χ2n) is 3.91. The van der Waals surface area contributed by atoms with Crippen LogP contribution < -0.4 is 5.73 Å². The maximum Gasteiger partial charge on any atom is 0.411 e. The Bertz CT molecular complexity index is 354. The van der Waals surface area contributed by atoms with Gasteiger partial charge in [0.2, 0.25) is 5.89 Å². The molecule has 0 bridgehead atoms. The van der Waals surface area contributed by atoms with Gasteiger partial charge in [0.05, 0.1) is 6.04 Å². The van der Waals surface area contributed by atoms with Gasteiger partial charge >= 0.3 is 6.18 Å². The minimum absolute atomic E-state index is 0.0706. The Morgan fingerprint density at radius 3 is 2.78 bits per heavy atom. The summed E-state index contributed by atoms with van der Waals surface area (Å²) in [4.78, 5) is 3.89. The minimum atomic E-state index is -4.36. The predicted octanol–water partition coefficient (Wildman–Crippen LogP) is 2.34. The molecule has 0 saturated carbocycles. The molecule has 1 atom stereocenters. The number of halogens is 3. The number of unbranched alkanes of at least 4 members (excludes halogenated alkanes) is 1. The van der Waals surface area contributed by atoms with E-state index in [-0.39, 0.29) is 24.4 Å². The number of ether oxygens (including phenoxy) is 1. The summed E-state index contributed by atoms with van der Waals surface area (Å²) in [6.07, 6.45) is -1.75. The van der Waals surface area contributed by atoms with Crippen molar-refractivity contribution in [2.24, 2.45) is 5.73 Å². The van der Waals surface area contributed by atoms with Crippen molar-refractivity contribution in [2.45, 2.75) is 45.0 Å². The monoisotopic (exact) mass is 267 g/mol. The number of hydrogen-bond acceptors (Lipinski definition) is 5. The first-order valence-corrected chi connectivity index (χ1v) is 5.65. The van der Waals surface area contributed by atoms with Gasteiger partial charge in [-0.2, -0.15) is 18.2 Å². The molecule has 1 rings (SSSR count). The van der Waals surface area contributed by atoms with Gasteiger partial charge in [0.15, 0.2) is 5.82 Å². The normalized spacial score (nSPS) is 13.8. The molecule has 1 aromatic rings. The van der Waals surface area contributed by atoms with Crippen LogP contribution in [0.5, 0.6) is 0 Å². The van der Waals surface area contributed by atoms with Crippen molar-refractivity contribution in [3.05, 3.63) is 11.7 Å². The second-order valence-corrected chi connectivity index (χ2v) is 3.91. The molecule has 0 aromatic carbocycles. The zero-order valence-corrected chi connectivity index (χ0v) is 10.0. The van der Waals surface area contributed by atoms with E-state index in [1.807, 2.05) is 6.92 Å². The lowest BCUT2D eigenvalue weighted by Gasteiger charge is -2.05. The molecule has 0 spiro atoms. The summed E-state index contributed by atoms with van der Waals surface area (Å²) in [6.45, 7) is 0.346. The van der Waals surface area contributed by atoms with Gasteiger partial charge in [0, 0.05) is 0 Å². The van der Waals surface area contributed by atoms with Crippen LogP contribution in [0.3, 0.4) is 0 Å². The molecule has 18 heavy (non-hydrogen) atoms. The molecule has 0 saturated heterocycles. The summed E-state index contributed by atoms with van der Waals surface area (Å²) >= 11 is 0. The molecule has 0 aliphatic carbocycles. The summed E-state index contributed by atoms with van der Waals surface area (Å²) in [5.74, 6) is 0.301. The Morgan fingerprint density at radius 2 is 2.17 bits per heavy atom. The maximum absolute atomic E-state index is 11.8. The Hall–Kier alpha value is -1.15. The standard InChI is InChI=1S/C10H16F3N3O2/c1-2-3-4-7(14)9-15-8(16-18-9)5-17-6-10(11,12)13/h7H,2-6,14H2,1H3/t7-/m0/s1. The lowest BCUT2D eigenvalue weighted by Crippen LogP contribution is -2.17.